The fourth-order valence-corrected chi connectivity index (χ4v) is 4.04. The van der Waals surface area contributed by atoms with Gasteiger partial charge in [-0.3, -0.25) is 0 Å². The number of rotatable bonds is 6. The van der Waals surface area contributed by atoms with E-state index >= 15 is 0 Å². The first kappa shape index (κ1) is 16.9. The molecule has 0 bridgehead atoms. The third kappa shape index (κ3) is 4.27. The van der Waals surface area contributed by atoms with Gasteiger partial charge in [0, 0.05) is 4.90 Å². The van der Waals surface area contributed by atoms with Crippen LogP contribution >= 0.6 is 43.6 Å². The van der Waals surface area contributed by atoms with Gasteiger partial charge in [0.05, 0.1) is 15.9 Å². The second-order valence-corrected chi connectivity index (χ2v) is 7.26. The minimum atomic E-state index is 0.178. The third-order valence-corrected chi connectivity index (χ3v) is 5.58. The molecule has 0 saturated heterocycles. The Hall–Kier alpha value is -0.450. The molecule has 2 aromatic carbocycles. The lowest BCUT2D eigenvalue weighted by Gasteiger charge is -2.16. The number of benzene rings is 2. The average molecular weight is 430 g/mol. The highest BCUT2D eigenvalue weighted by Gasteiger charge is 2.15. The molecule has 2 rings (SSSR count). The summed E-state index contributed by atoms with van der Waals surface area (Å²) >= 11 is 9.20. The highest BCUT2D eigenvalue weighted by Crippen LogP contribution is 2.38. The van der Waals surface area contributed by atoms with Gasteiger partial charge in [0.2, 0.25) is 0 Å². The molecule has 0 aromatic heterocycles. The Kier molecular flexibility index (Phi) is 6.65. The summed E-state index contributed by atoms with van der Waals surface area (Å²) < 4.78 is 6.70. The van der Waals surface area contributed by atoms with Gasteiger partial charge in [0.1, 0.15) is 5.75 Å². The van der Waals surface area contributed by atoms with Crippen molar-refractivity contribution in [2.24, 2.45) is 0 Å². The molecule has 1 atom stereocenters. The molecule has 0 spiro atoms. The van der Waals surface area contributed by atoms with Crippen molar-refractivity contribution in [3.05, 3.63) is 58.1 Å². The van der Waals surface area contributed by atoms with Crippen LogP contribution in [-0.2, 0) is 0 Å². The van der Waals surface area contributed by atoms with E-state index in [0.29, 0.717) is 0 Å². The summed E-state index contributed by atoms with van der Waals surface area (Å²) in [6.45, 7) is 2.85. The molecule has 1 nitrogen and oxygen atoms in total. The van der Waals surface area contributed by atoms with Crippen molar-refractivity contribution in [3.8, 4) is 5.75 Å². The molecule has 112 valence electrons. The van der Waals surface area contributed by atoms with Crippen LogP contribution in [0.4, 0.5) is 0 Å². The van der Waals surface area contributed by atoms with Gasteiger partial charge >= 0.3 is 0 Å². The van der Waals surface area contributed by atoms with Crippen LogP contribution < -0.4 is 4.74 Å². The van der Waals surface area contributed by atoms with Crippen LogP contribution in [0.25, 0.3) is 0 Å². The maximum atomic E-state index is 5.70. The van der Waals surface area contributed by atoms with Crippen molar-refractivity contribution < 1.29 is 4.74 Å². The van der Waals surface area contributed by atoms with Crippen LogP contribution in [0.1, 0.15) is 29.3 Å². The van der Waals surface area contributed by atoms with Gasteiger partial charge in [-0.15, -0.1) is 11.8 Å². The van der Waals surface area contributed by atoms with Gasteiger partial charge in [-0.25, -0.2) is 0 Å². The number of hydrogen-bond acceptors (Lipinski definition) is 2. The van der Waals surface area contributed by atoms with Crippen molar-refractivity contribution >= 4 is 43.6 Å². The van der Waals surface area contributed by atoms with Gasteiger partial charge in [-0.05, 0) is 57.9 Å². The van der Waals surface area contributed by atoms with E-state index in [9.17, 15) is 0 Å². The fraction of sp³-hybridized carbons (Fsp3) is 0.294. The zero-order valence-corrected chi connectivity index (χ0v) is 16.1. The number of hydrogen-bond donors (Lipinski definition) is 0. The lowest BCUT2D eigenvalue weighted by atomic mass is 10.0. The number of thioether (sulfide) groups is 1. The molecule has 0 aliphatic heterocycles. The van der Waals surface area contributed by atoms with Crippen LogP contribution in [0.5, 0.6) is 5.75 Å². The fourth-order valence-electron chi connectivity index (χ4n) is 2.06. The Labute approximate surface area is 147 Å². The summed E-state index contributed by atoms with van der Waals surface area (Å²) in [5.41, 5.74) is 2.51. The maximum absolute atomic E-state index is 5.70. The second-order valence-electron chi connectivity index (χ2n) is 4.64. The standard InChI is InChI=1S/C17H18Br2OS/c1-3-10-20-15-9-8-12(11-14(15)18)17(19)13-6-4-5-7-16(13)21-2/h4-9,11,17H,3,10H2,1-2H3. The highest BCUT2D eigenvalue weighted by molar-refractivity contribution is 9.10. The summed E-state index contributed by atoms with van der Waals surface area (Å²) in [5.74, 6) is 0.901. The molecule has 0 aliphatic carbocycles. The van der Waals surface area contributed by atoms with Crippen LogP contribution in [0.3, 0.4) is 0 Å². The smallest absolute Gasteiger partial charge is 0.133 e. The number of ether oxygens (including phenoxy) is 1. The van der Waals surface area contributed by atoms with Crippen LogP contribution in [0.15, 0.2) is 51.8 Å². The summed E-state index contributed by atoms with van der Waals surface area (Å²) in [5, 5.41) is 0. The molecule has 0 radical (unpaired) electrons. The summed E-state index contributed by atoms with van der Waals surface area (Å²) in [4.78, 5) is 1.47. The zero-order valence-electron chi connectivity index (χ0n) is 12.1. The van der Waals surface area contributed by atoms with Gasteiger partial charge in [-0.1, -0.05) is 47.1 Å². The summed E-state index contributed by atoms with van der Waals surface area (Å²) in [6.07, 6.45) is 3.12. The molecule has 2 aromatic rings. The molecule has 21 heavy (non-hydrogen) atoms. The minimum absolute atomic E-state index is 0.178. The van der Waals surface area contributed by atoms with E-state index in [1.807, 2.05) is 6.07 Å². The predicted molar refractivity (Wildman–Crippen MR) is 98.9 cm³/mol. The van der Waals surface area contributed by atoms with E-state index in [2.05, 4.69) is 81.4 Å². The van der Waals surface area contributed by atoms with Crippen LogP contribution in [-0.4, -0.2) is 12.9 Å². The summed E-state index contributed by atoms with van der Waals surface area (Å²) in [6, 6.07) is 14.8. The molecule has 0 saturated carbocycles. The Balaban J connectivity index is 2.27. The third-order valence-electron chi connectivity index (χ3n) is 3.12. The van der Waals surface area contributed by atoms with Gasteiger partial charge in [0.15, 0.2) is 0 Å². The van der Waals surface area contributed by atoms with Crippen molar-refractivity contribution in [2.45, 2.75) is 23.1 Å². The van der Waals surface area contributed by atoms with Crippen LogP contribution in [0, 0.1) is 0 Å². The quantitative estimate of drug-likeness (QED) is 0.385. The molecular formula is C17H18Br2OS. The van der Waals surface area contributed by atoms with E-state index in [1.54, 1.807) is 11.8 Å². The van der Waals surface area contributed by atoms with E-state index < -0.39 is 0 Å². The van der Waals surface area contributed by atoms with Crippen molar-refractivity contribution in [1.82, 2.24) is 0 Å². The maximum Gasteiger partial charge on any atom is 0.133 e. The Bertz CT molecular complexity index is 601. The van der Waals surface area contributed by atoms with E-state index in [1.165, 1.54) is 16.0 Å². The molecular weight excluding hydrogens is 412 g/mol. The monoisotopic (exact) mass is 428 g/mol. The normalized spacial score (nSPS) is 12.2. The molecule has 0 fully saturated rings. The molecule has 1 unspecified atom stereocenters. The van der Waals surface area contributed by atoms with Gasteiger partial charge < -0.3 is 4.74 Å². The lowest BCUT2D eigenvalue weighted by Crippen LogP contribution is -1.98. The van der Waals surface area contributed by atoms with Gasteiger partial charge in [-0.2, -0.15) is 0 Å². The molecule has 0 aliphatic rings. The molecule has 0 amide bonds. The first-order valence-electron chi connectivity index (χ1n) is 6.86. The van der Waals surface area contributed by atoms with Crippen molar-refractivity contribution in [2.75, 3.05) is 12.9 Å². The SMILES string of the molecule is CCCOc1ccc(C(Br)c2ccccc2SC)cc1Br. The predicted octanol–water partition coefficient (Wildman–Crippen LogP) is 6.44. The Morgan fingerprint density at radius 1 is 1.19 bits per heavy atom. The molecule has 4 heteroatoms. The zero-order chi connectivity index (χ0) is 15.2. The Morgan fingerprint density at radius 2 is 1.95 bits per heavy atom. The first-order valence-corrected chi connectivity index (χ1v) is 9.80. The summed E-state index contributed by atoms with van der Waals surface area (Å²) in [7, 11) is 0. The molecule has 0 heterocycles. The minimum Gasteiger partial charge on any atom is -0.492 e. The largest absolute Gasteiger partial charge is 0.492 e. The molecule has 0 N–H and O–H groups in total. The van der Waals surface area contributed by atoms with E-state index in [-0.39, 0.29) is 4.83 Å². The Morgan fingerprint density at radius 3 is 2.62 bits per heavy atom. The van der Waals surface area contributed by atoms with Crippen molar-refractivity contribution in [3.63, 3.8) is 0 Å². The number of alkyl halides is 1. The second kappa shape index (κ2) is 8.25. The van der Waals surface area contributed by atoms with Gasteiger partial charge in [0.25, 0.3) is 0 Å². The topological polar surface area (TPSA) is 9.23 Å². The highest BCUT2D eigenvalue weighted by atomic mass is 79.9. The van der Waals surface area contributed by atoms with E-state index in [4.69, 9.17) is 4.74 Å². The number of halogens is 2. The lowest BCUT2D eigenvalue weighted by molar-refractivity contribution is 0.315. The average Bonchev–Trinajstić information content (AvgIpc) is 2.53. The first-order chi connectivity index (χ1) is 10.2. The van der Waals surface area contributed by atoms with E-state index in [0.717, 1.165) is 23.2 Å². The van der Waals surface area contributed by atoms with Crippen LogP contribution in [0.2, 0.25) is 0 Å². The van der Waals surface area contributed by atoms with Crippen molar-refractivity contribution in [1.29, 1.82) is 0 Å².